The molecule has 2 aliphatic heterocycles. The monoisotopic (exact) mass is 377 g/mol. The van der Waals surface area contributed by atoms with Crippen LogP contribution < -0.4 is 10.1 Å². The second kappa shape index (κ2) is 7.22. The van der Waals surface area contributed by atoms with E-state index in [1.807, 2.05) is 42.5 Å². The van der Waals surface area contributed by atoms with Crippen molar-refractivity contribution in [2.75, 3.05) is 38.2 Å². The predicted octanol–water partition coefficient (Wildman–Crippen LogP) is 3.54. The maximum Gasteiger partial charge on any atom is 0.371 e. The Balaban J connectivity index is 1.42. The molecule has 142 valence electrons. The number of hydrogen-bond donors (Lipinski definition) is 1. The number of ether oxygens (including phenoxy) is 2. The molecule has 0 aliphatic carbocycles. The summed E-state index contributed by atoms with van der Waals surface area (Å²) in [6.07, 6.45) is 0. The second-order valence-electron chi connectivity index (χ2n) is 7.07. The van der Waals surface area contributed by atoms with Gasteiger partial charge in [0.2, 0.25) is 5.91 Å². The number of para-hydroxylation sites is 1. The molecule has 0 atom stereocenters. The molecule has 3 heterocycles. The Morgan fingerprint density at radius 3 is 2.86 bits per heavy atom. The Labute approximate surface area is 162 Å². The number of nitrogens with zero attached hydrogens (tertiary/aromatic N) is 1. The first kappa shape index (κ1) is 17.2. The van der Waals surface area contributed by atoms with Crippen LogP contribution in [0.4, 0.5) is 5.69 Å². The summed E-state index contributed by atoms with van der Waals surface area (Å²) in [6.45, 7) is 3.75. The third-order valence-corrected chi connectivity index (χ3v) is 5.11. The van der Waals surface area contributed by atoms with Crippen molar-refractivity contribution in [1.29, 1.82) is 0 Å². The lowest BCUT2D eigenvalue weighted by molar-refractivity contribution is -0.118. The predicted molar refractivity (Wildman–Crippen MR) is 106 cm³/mol. The molecule has 1 fully saturated rings. The molecule has 0 spiro atoms. The average Bonchev–Trinajstić information content (AvgIpc) is 2.73. The van der Waals surface area contributed by atoms with Crippen molar-refractivity contribution >= 4 is 22.6 Å². The Kier molecular flexibility index (Phi) is 4.43. The molecule has 2 aromatic carbocycles. The van der Waals surface area contributed by atoms with Crippen molar-refractivity contribution in [2.24, 2.45) is 0 Å². The number of fused-ring (bicyclic) bond motifs is 4. The first-order chi connectivity index (χ1) is 13.8. The van der Waals surface area contributed by atoms with E-state index in [4.69, 9.17) is 13.9 Å². The van der Waals surface area contributed by atoms with Gasteiger partial charge in [0, 0.05) is 24.8 Å². The van der Waals surface area contributed by atoms with Crippen LogP contribution in [0.15, 0.2) is 52.9 Å². The lowest BCUT2D eigenvalue weighted by atomic mass is 10.0. The van der Waals surface area contributed by atoms with Crippen molar-refractivity contribution in [2.45, 2.75) is 6.61 Å². The summed E-state index contributed by atoms with van der Waals surface area (Å²) in [5.41, 5.74) is 3.42. The van der Waals surface area contributed by atoms with Gasteiger partial charge in [-0.15, -0.1) is 0 Å². The summed E-state index contributed by atoms with van der Waals surface area (Å²) in [5.74, 6) is 1.52. The number of benzene rings is 2. The van der Waals surface area contributed by atoms with Gasteiger partial charge in [-0.2, -0.15) is 0 Å². The van der Waals surface area contributed by atoms with Crippen LogP contribution in [0.3, 0.4) is 0 Å². The van der Waals surface area contributed by atoms with Crippen LogP contribution in [-0.4, -0.2) is 43.7 Å². The zero-order chi connectivity index (χ0) is 18.9. The summed E-state index contributed by atoms with van der Waals surface area (Å²) < 4.78 is 17.4. The minimum Gasteiger partial charge on any atom is -0.488 e. The molecule has 6 heteroatoms. The third-order valence-electron chi connectivity index (χ3n) is 5.11. The standard InChI is InChI=1S/C22H20N2O4/c25-21(13-24-7-9-26-10-8-24)23-17-5-6-20-18(12-17)22-16(14-27-20)11-15-3-1-2-4-19(15)28-22/h1-6,11-12H,7-10,13-14H2/p+1. The van der Waals surface area contributed by atoms with Gasteiger partial charge < -0.3 is 14.8 Å². The van der Waals surface area contributed by atoms with Gasteiger partial charge in [0.25, 0.3) is 0 Å². The fourth-order valence-corrected chi connectivity index (χ4v) is 3.69. The maximum absolute atomic E-state index is 12.4. The van der Waals surface area contributed by atoms with E-state index >= 15 is 0 Å². The molecule has 0 radical (unpaired) electrons. The molecule has 1 saturated heterocycles. The van der Waals surface area contributed by atoms with Gasteiger partial charge in [0.1, 0.15) is 17.9 Å². The number of rotatable bonds is 3. The Hall–Kier alpha value is -2.96. The molecule has 0 saturated carbocycles. The number of carbonyl (C=O) groups is 1. The Morgan fingerprint density at radius 2 is 1.96 bits per heavy atom. The van der Waals surface area contributed by atoms with E-state index in [1.165, 1.54) is 0 Å². The largest absolute Gasteiger partial charge is 0.488 e. The van der Waals surface area contributed by atoms with E-state index < -0.39 is 0 Å². The van der Waals surface area contributed by atoms with E-state index in [0.717, 1.165) is 52.4 Å². The quantitative estimate of drug-likeness (QED) is 0.708. The molecule has 3 aromatic rings. The van der Waals surface area contributed by atoms with E-state index in [9.17, 15) is 4.79 Å². The molecule has 0 unspecified atom stereocenters. The highest BCUT2D eigenvalue weighted by Crippen LogP contribution is 2.40. The van der Waals surface area contributed by atoms with Crippen molar-refractivity contribution in [3.8, 4) is 17.1 Å². The Morgan fingerprint density at radius 1 is 1.11 bits per heavy atom. The van der Waals surface area contributed by atoms with Crippen LogP contribution in [0.25, 0.3) is 22.3 Å². The summed E-state index contributed by atoms with van der Waals surface area (Å²) >= 11 is 0. The molecule has 1 amide bonds. The van der Waals surface area contributed by atoms with E-state index in [-0.39, 0.29) is 5.91 Å². The first-order valence-electron chi connectivity index (χ1n) is 9.48. The average molecular weight is 377 g/mol. The van der Waals surface area contributed by atoms with Crippen LogP contribution in [0, 0.1) is 0 Å². The van der Waals surface area contributed by atoms with Crippen LogP contribution in [0.1, 0.15) is 5.56 Å². The van der Waals surface area contributed by atoms with Crippen LogP contribution in [0.5, 0.6) is 5.75 Å². The van der Waals surface area contributed by atoms with E-state index in [1.54, 1.807) is 0 Å². The highest BCUT2D eigenvalue weighted by atomic mass is 16.5. The number of anilines is 1. The van der Waals surface area contributed by atoms with Gasteiger partial charge in [-0.1, -0.05) is 12.1 Å². The summed E-state index contributed by atoms with van der Waals surface area (Å²) in [7, 11) is 0. The number of morpholine rings is 1. The Bertz CT molecular complexity index is 1040. The molecule has 1 aromatic heterocycles. The van der Waals surface area contributed by atoms with Crippen LogP contribution in [-0.2, 0) is 16.1 Å². The number of carbonyl (C=O) groups excluding carboxylic acids is 1. The first-order valence-corrected chi connectivity index (χ1v) is 9.48. The lowest BCUT2D eigenvalue weighted by Crippen LogP contribution is -2.41. The topological polar surface area (TPSA) is 62.1 Å². The summed E-state index contributed by atoms with van der Waals surface area (Å²) in [4.78, 5) is 14.5. The molecule has 28 heavy (non-hydrogen) atoms. The third kappa shape index (κ3) is 3.32. The van der Waals surface area contributed by atoms with Gasteiger partial charge in [0.05, 0.1) is 30.7 Å². The molecule has 0 bridgehead atoms. The van der Waals surface area contributed by atoms with Crippen LogP contribution >= 0.6 is 0 Å². The fraction of sp³-hybridized carbons (Fsp3) is 0.273. The van der Waals surface area contributed by atoms with Crippen LogP contribution in [0.2, 0.25) is 0 Å². The van der Waals surface area contributed by atoms with Gasteiger partial charge in [0.15, 0.2) is 0 Å². The summed E-state index contributed by atoms with van der Waals surface area (Å²) in [6, 6.07) is 15.7. The van der Waals surface area contributed by atoms with Crippen molar-refractivity contribution in [3.63, 3.8) is 0 Å². The zero-order valence-corrected chi connectivity index (χ0v) is 15.4. The van der Waals surface area contributed by atoms with E-state index in [2.05, 4.69) is 16.3 Å². The van der Waals surface area contributed by atoms with Crippen molar-refractivity contribution < 1.29 is 18.7 Å². The van der Waals surface area contributed by atoms with Gasteiger partial charge in [-0.3, -0.25) is 9.69 Å². The van der Waals surface area contributed by atoms with E-state index in [0.29, 0.717) is 26.4 Å². The number of amides is 1. The van der Waals surface area contributed by atoms with Crippen molar-refractivity contribution in [3.05, 3.63) is 54.1 Å². The molecule has 5 rings (SSSR count). The van der Waals surface area contributed by atoms with Crippen molar-refractivity contribution in [1.82, 2.24) is 4.90 Å². The van der Waals surface area contributed by atoms with Gasteiger partial charge >= 0.3 is 11.3 Å². The second-order valence-corrected chi connectivity index (χ2v) is 7.07. The molecular weight excluding hydrogens is 356 g/mol. The molecule has 1 N–H and O–H groups in total. The maximum atomic E-state index is 12.4. The smallest absolute Gasteiger partial charge is 0.371 e. The minimum absolute atomic E-state index is 0.0331. The number of hydrogen-bond acceptors (Lipinski definition) is 4. The number of nitrogens with one attached hydrogen (secondary N) is 1. The normalized spacial score (nSPS) is 16.1. The fourth-order valence-electron chi connectivity index (χ4n) is 3.69. The lowest BCUT2D eigenvalue weighted by Gasteiger charge is -2.25. The summed E-state index contributed by atoms with van der Waals surface area (Å²) in [5, 5.41) is 4.03. The van der Waals surface area contributed by atoms with Gasteiger partial charge in [-0.25, -0.2) is 4.42 Å². The molecule has 6 nitrogen and oxygen atoms in total. The molecule has 2 aliphatic rings. The van der Waals surface area contributed by atoms with Gasteiger partial charge in [-0.05, 0) is 30.3 Å². The minimum atomic E-state index is -0.0331. The highest BCUT2D eigenvalue weighted by molar-refractivity contribution is 5.93. The zero-order valence-electron chi connectivity index (χ0n) is 15.4. The molecular formula is C22H21N2O4+. The highest BCUT2D eigenvalue weighted by Gasteiger charge is 2.29. The SMILES string of the molecule is O=C(CN1CCOCC1)Nc1ccc2c(c1)-c1[o+]c3ccccc3cc1CO2.